The molecule has 3 heteroatoms. The van der Waals surface area contributed by atoms with Crippen LogP contribution in [0.4, 0.5) is 0 Å². The number of ether oxygens (including phenoxy) is 1. The highest BCUT2D eigenvalue weighted by Crippen LogP contribution is 2.20. The maximum absolute atomic E-state index is 12.2. The number of aryl methyl sites for hydroxylation is 1. The smallest absolute Gasteiger partial charge is 0.176 e. The average molecular weight is 249 g/mol. The molecule has 0 aromatic heterocycles. The molecule has 0 fully saturated rings. The molecule has 1 aromatic rings. The zero-order valence-corrected chi connectivity index (χ0v) is 11.8. The van der Waals surface area contributed by atoms with Crippen LogP contribution in [0.3, 0.4) is 0 Å². The first-order chi connectivity index (χ1) is 8.65. The quantitative estimate of drug-likeness (QED) is 0.696. The highest BCUT2D eigenvalue weighted by Gasteiger charge is 2.12. The van der Waals surface area contributed by atoms with Gasteiger partial charge in [-0.15, -0.1) is 0 Å². The summed E-state index contributed by atoms with van der Waals surface area (Å²) in [4.78, 5) is 14.3. The van der Waals surface area contributed by atoms with Gasteiger partial charge in [0.2, 0.25) is 0 Å². The topological polar surface area (TPSA) is 29.5 Å². The summed E-state index contributed by atoms with van der Waals surface area (Å²) in [5, 5.41) is 0. The predicted octanol–water partition coefficient (Wildman–Crippen LogP) is 2.78. The second kappa shape index (κ2) is 7.17. The van der Waals surface area contributed by atoms with Crippen molar-refractivity contribution in [3.63, 3.8) is 0 Å². The minimum atomic E-state index is 0.177. The average Bonchev–Trinajstić information content (AvgIpc) is 2.43. The molecule has 0 aliphatic rings. The summed E-state index contributed by atoms with van der Waals surface area (Å²) in [5.74, 6) is 1.04. The van der Waals surface area contributed by atoms with Crippen molar-refractivity contribution in [3.05, 3.63) is 29.3 Å². The molecular formula is C15H23NO2. The summed E-state index contributed by atoms with van der Waals surface area (Å²) < 4.78 is 5.27. The van der Waals surface area contributed by atoms with Crippen LogP contribution in [-0.2, 0) is 6.42 Å². The van der Waals surface area contributed by atoms with Crippen molar-refractivity contribution in [2.75, 3.05) is 26.7 Å². The lowest BCUT2D eigenvalue weighted by Gasteiger charge is -2.17. The van der Waals surface area contributed by atoms with Gasteiger partial charge in [0.25, 0.3) is 0 Å². The lowest BCUT2D eigenvalue weighted by molar-refractivity contribution is 0.0937. The molecule has 0 spiro atoms. The number of hydrogen-bond acceptors (Lipinski definition) is 3. The van der Waals surface area contributed by atoms with Crippen molar-refractivity contribution in [1.82, 2.24) is 4.90 Å². The Morgan fingerprint density at radius 2 is 1.89 bits per heavy atom. The maximum Gasteiger partial charge on any atom is 0.176 e. The van der Waals surface area contributed by atoms with Crippen LogP contribution >= 0.6 is 0 Å². The Morgan fingerprint density at radius 3 is 2.39 bits per heavy atom. The van der Waals surface area contributed by atoms with Gasteiger partial charge in [-0.1, -0.05) is 20.8 Å². The highest BCUT2D eigenvalue weighted by molar-refractivity contribution is 5.98. The first-order valence-electron chi connectivity index (χ1n) is 6.58. The van der Waals surface area contributed by atoms with E-state index in [0.717, 1.165) is 36.4 Å². The van der Waals surface area contributed by atoms with Gasteiger partial charge in [-0.3, -0.25) is 9.69 Å². The molecule has 3 nitrogen and oxygen atoms in total. The van der Waals surface area contributed by atoms with Gasteiger partial charge in [0.15, 0.2) is 5.78 Å². The van der Waals surface area contributed by atoms with E-state index in [1.807, 2.05) is 18.2 Å². The fourth-order valence-electron chi connectivity index (χ4n) is 1.97. The Kier molecular flexibility index (Phi) is 5.86. The van der Waals surface area contributed by atoms with E-state index in [1.165, 1.54) is 0 Å². The summed E-state index contributed by atoms with van der Waals surface area (Å²) in [6, 6.07) is 5.68. The third kappa shape index (κ3) is 3.57. The van der Waals surface area contributed by atoms with Gasteiger partial charge in [-0.05, 0) is 43.3 Å². The molecule has 0 amide bonds. The zero-order chi connectivity index (χ0) is 13.5. The van der Waals surface area contributed by atoms with Crippen LogP contribution in [0, 0.1) is 0 Å². The van der Waals surface area contributed by atoms with Gasteiger partial charge >= 0.3 is 0 Å². The van der Waals surface area contributed by atoms with Gasteiger partial charge in [-0.25, -0.2) is 0 Å². The normalized spacial score (nSPS) is 10.7. The largest absolute Gasteiger partial charge is 0.496 e. The number of likely N-dealkylation sites (N-methyl/N-ethyl adjacent to an activating group) is 1. The Balaban J connectivity index is 2.86. The molecule has 0 saturated carbocycles. The van der Waals surface area contributed by atoms with E-state index >= 15 is 0 Å². The van der Waals surface area contributed by atoms with Crippen LogP contribution < -0.4 is 4.74 Å². The van der Waals surface area contributed by atoms with Crippen molar-refractivity contribution in [2.24, 2.45) is 0 Å². The van der Waals surface area contributed by atoms with E-state index in [9.17, 15) is 4.79 Å². The lowest BCUT2D eigenvalue weighted by atomic mass is 10.0. The minimum absolute atomic E-state index is 0.177. The summed E-state index contributed by atoms with van der Waals surface area (Å²) in [5.41, 5.74) is 1.86. The molecular weight excluding hydrogens is 226 g/mol. The monoisotopic (exact) mass is 249 g/mol. The number of nitrogens with zero attached hydrogens (tertiary/aromatic N) is 1. The van der Waals surface area contributed by atoms with Crippen molar-refractivity contribution in [2.45, 2.75) is 27.2 Å². The summed E-state index contributed by atoms with van der Waals surface area (Å²) in [7, 11) is 1.66. The van der Waals surface area contributed by atoms with Crippen molar-refractivity contribution in [3.8, 4) is 5.75 Å². The van der Waals surface area contributed by atoms with Crippen LogP contribution in [-0.4, -0.2) is 37.4 Å². The van der Waals surface area contributed by atoms with Gasteiger partial charge in [0.05, 0.1) is 13.7 Å². The summed E-state index contributed by atoms with van der Waals surface area (Å²) in [6.45, 7) is 8.50. The van der Waals surface area contributed by atoms with Gasteiger partial charge in [-0.2, -0.15) is 0 Å². The first kappa shape index (κ1) is 14.7. The molecule has 18 heavy (non-hydrogen) atoms. The van der Waals surface area contributed by atoms with E-state index in [1.54, 1.807) is 7.11 Å². The van der Waals surface area contributed by atoms with Crippen LogP contribution in [0.5, 0.6) is 5.75 Å². The van der Waals surface area contributed by atoms with Crippen LogP contribution in [0.25, 0.3) is 0 Å². The Labute approximate surface area is 110 Å². The van der Waals surface area contributed by atoms with E-state index in [2.05, 4.69) is 25.7 Å². The van der Waals surface area contributed by atoms with Crippen LogP contribution in [0.2, 0.25) is 0 Å². The maximum atomic E-state index is 12.2. The summed E-state index contributed by atoms with van der Waals surface area (Å²) in [6.07, 6.45) is 0.871. The molecule has 1 aromatic carbocycles. The molecule has 0 atom stereocenters. The molecule has 0 saturated heterocycles. The number of carbonyl (C=O) groups is 1. The summed E-state index contributed by atoms with van der Waals surface area (Å²) >= 11 is 0. The van der Waals surface area contributed by atoms with Crippen molar-refractivity contribution in [1.29, 1.82) is 0 Å². The molecule has 0 radical (unpaired) electrons. The molecule has 0 aliphatic heterocycles. The molecule has 0 bridgehead atoms. The minimum Gasteiger partial charge on any atom is -0.496 e. The van der Waals surface area contributed by atoms with Crippen molar-refractivity contribution < 1.29 is 9.53 Å². The van der Waals surface area contributed by atoms with Crippen LogP contribution in [0.15, 0.2) is 18.2 Å². The molecule has 0 N–H and O–H groups in total. The zero-order valence-electron chi connectivity index (χ0n) is 11.8. The first-order valence-corrected chi connectivity index (χ1v) is 6.58. The predicted molar refractivity (Wildman–Crippen MR) is 74.5 cm³/mol. The Hall–Kier alpha value is -1.35. The second-order valence-electron chi connectivity index (χ2n) is 4.26. The van der Waals surface area contributed by atoms with Crippen LogP contribution in [0.1, 0.15) is 36.7 Å². The highest BCUT2D eigenvalue weighted by atomic mass is 16.5. The molecule has 100 valence electrons. The molecule has 0 aliphatic carbocycles. The van der Waals surface area contributed by atoms with Gasteiger partial charge in [0, 0.05) is 5.56 Å². The number of benzene rings is 1. The van der Waals surface area contributed by atoms with E-state index in [-0.39, 0.29) is 5.78 Å². The van der Waals surface area contributed by atoms with E-state index in [0.29, 0.717) is 6.54 Å². The second-order valence-corrected chi connectivity index (χ2v) is 4.26. The van der Waals surface area contributed by atoms with Gasteiger partial charge < -0.3 is 4.74 Å². The molecule has 0 unspecified atom stereocenters. The number of carbonyl (C=O) groups excluding carboxylic acids is 1. The fraction of sp³-hybridized carbons (Fsp3) is 0.533. The number of hydrogen-bond donors (Lipinski definition) is 0. The number of Topliss-reactive ketones (excluding diaryl/α,β-unsaturated/α-hetero) is 1. The Morgan fingerprint density at radius 1 is 1.22 bits per heavy atom. The SMILES string of the molecule is CCc1cc(C(=O)CN(CC)CC)ccc1OC. The van der Waals surface area contributed by atoms with E-state index in [4.69, 9.17) is 4.74 Å². The molecule has 0 heterocycles. The van der Waals surface area contributed by atoms with E-state index < -0.39 is 0 Å². The number of methoxy groups -OCH3 is 1. The standard InChI is InChI=1S/C15H23NO2/c1-5-12-10-13(8-9-15(12)18-4)14(17)11-16(6-2)7-3/h8-10H,5-7,11H2,1-4H3. The van der Waals surface area contributed by atoms with Gasteiger partial charge in [0.1, 0.15) is 5.75 Å². The Bertz CT molecular complexity index is 397. The molecule has 1 rings (SSSR count). The van der Waals surface area contributed by atoms with Crippen molar-refractivity contribution >= 4 is 5.78 Å². The third-order valence-corrected chi connectivity index (χ3v) is 3.24. The number of rotatable bonds is 7. The third-order valence-electron chi connectivity index (χ3n) is 3.24. The lowest BCUT2D eigenvalue weighted by Crippen LogP contribution is -2.29. The number of ketones is 1. The fourth-order valence-corrected chi connectivity index (χ4v) is 1.97.